The number of rotatable bonds is 2. The molecule has 2 bridgehead atoms. The van der Waals surface area contributed by atoms with E-state index < -0.39 is 23.5 Å². The minimum atomic E-state index is -1.48. The first-order chi connectivity index (χ1) is 10.1. The molecule has 0 amide bonds. The Bertz CT molecular complexity index is 565. The lowest BCUT2D eigenvalue weighted by atomic mass is 9.76. The van der Waals surface area contributed by atoms with E-state index in [0.29, 0.717) is 11.3 Å². The summed E-state index contributed by atoms with van der Waals surface area (Å²) in [4.78, 5) is 24.7. The SMILES string of the molecule is COC(=O)C1(C(=O)OC)C[C@H]2COc3ccccc3[C@@H]1O2. The predicted molar refractivity (Wildman–Crippen MR) is 70.6 cm³/mol. The molecule has 112 valence electrons. The lowest BCUT2D eigenvalue weighted by molar-refractivity contribution is -0.173. The quantitative estimate of drug-likeness (QED) is 0.603. The third-order valence-corrected chi connectivity index (χ3v) is 4.05. The first kappa shape index (κ1) is 13.9. The number of carbonyl (C=O) groups is 2. The maximum Gasteiger partial charge on any atom is 0.326 e. The van der Waals surface area contributed by atoms with Gasteiger partial charge in [-0.25, -0.2) is 0 Å². The topological polar surface area (TPSA) is 71.1 Å². The Labute approximate surface area is 121 Å². The molecule has 2 heterocycles. The van der Waals surface area contributed by atoms with Crippen molar-refractivity contribution in [1.82, 2.24) is 0 Å². The maximum absolute atomic E-state index is 12.4. The summed E-state index contributed by atoms with van der Waals surface area (Å²) in [7, 11) is 2.51. The van der Waals surface area contributed by atoms with Crippen molar-refractivity contribution < 1.29 is 28.5 Å². The Morgan fingerprint density at radius 2 is 1.86 bits per heavy atom. The van der Waals surface area contributed by atoms with Gasteiger partial charge in [0.25, 0.3) is 0 Å². The lowest BCUT2D eigenvalue weighted by Crippen LogP contribution is -2.44. The summed E-state index contributed by atoms with van der Waals surface area (Å²) in [5.41, 5.74) is -0.818. The number of para-hydroxylation sites is 1. The standard InChI is InChI=1S/C15H16O6/c1-18-13(16)15(14(17)19-2)7-9-8-20-11-6-4-3-5-10(11)12(15)21-9/h3-6,9,12H,7-8H2,1-2H3/t9-,12-/m0/s1. The number of benzene rings is 1. The predicted octanol–water partition coefficient (Wildman–Crippen LogP) is 1.24. The highest BCUT2D eigenvalue weighted by Crippen LogP contribution is 2.53. The fraction of sp³-hybridized carbons (Fsp3) is 0.467. The Hall–Kier alpha value is -2.08. The largest absolute Gasteiger partial charge is 0.490 e. The van der Waals surface area contributed by atoms with Gasteiger partial charge in [-0.15, -0.1) is 0 Å². The molecular weight excluding hydrogens is 276 g/mol. The maximum atomic E-state index is 12.4. The second-order valence-corrected chi connectivity index (χ2v) is 5.15. The van der Waals surface area contributed by atoms with Crippen LogP contribution in [0, 0.1) is 5.41 Å². The zero-order chi connectivity index (χ0) is 15.0. The number of esters is 2. The van der Waals surface area contributed by atoms with Gasteiger partial charge in [-0.1, -0.05) is 18.2 Å². The van der Waals surface area contributed by atoms with E-state index in [1.807, 2.05) is 12.1 Å². The van der Waals surface area contributed by atoms with E-state index >= 15 is 0 Å². The van der Waals surface area contributed by atoms with Gasteiger partial charge in [-0.05, 0) is 6.07 Å². The Kier molecular flexibility index (Phi) is 3.33. The molecule has 0 N–H and O–H groups in total. The van der Waals surface area contributed by atoms with Crippen molar-refractivity contribution in [2.75, 3.05) is 20.8 Å². The molecule has 1 fully saturated rings. The van der Waals surface area contributed by atoms with Gasteiger partial charge < -0.3 is 18.9 Å². The Morgan fingerprint density at radius 1 is 1.19 bits per heavy atom. The summed E-state index contributed by atoms with van der Waals surface area (Å²) in [6.07, 6.45) is -0.938. The van der Waals surface area contributed by atoms with Crippen molar-refractivity contribution in [2.45, 2.75) is 18.6 Å². The van der Waals surface area contributed by atoms with Gasteiger partial charge in [0.05, 0.1) is 20.3 Å². The molecule has 1 aromatic rings. The molecule has 2 aliphatic heterocycles. The fourth-order valence-electron chi connectivity index (χ4n) is 3.10. The van der Waals surface area contributed by atoms with Gasteiger partial charge in [0, 0.05) is 12.0 Å². The van der Waals surface area contributed by atoms with Crippen LogP contribution in [0.4, 0.5) is 0 Å². The van der Waals surface area contributed by atoms with E-state index in [9.17, 15) is 9.59 Å². The molecule has 0 spiro atoms. The number of methoxy groups -OCH3 is 2. The molecule has 2 atom stereocenters. The van der Waals surface area contributed by atoms with Crippen molar-refractivity contribution in [1.29, 1.82) is 0 Å². The van der Waals surface area contributed by atoms with Crippen molar-refractivity contribution >= 4 is 11.9 Å². The third kappa shape index (κ3) is 1.90. The normalized spacial score (nSPS) is 25.2. The number of hydrogen-bond donors (Lipinski definition) is 0. The van der Waals surface area contributed by atoms with Crippen LogP contribution in [0.3, 0.4) is 0 Å². The van der Waals surface area contributed by atoms with Crippen LogP contribution in [0.1, 0.15) is 18.1 Å². The van der Waals surface area contributed by atoms with E-state index in [1.165, 1.54) is 14.2 Å². The molecule has 0 unspecified atom stereocenters. The third-order valence-electron chi connectivity index (χ3n) is 4.05. The second kappa shape index (κ2) is 5.04. The van der Waals surface area contributed by atoms with E-state index in [2.05, 4.69) is 0 Å². The molecule has 2 aliphatic rings. The van der Waals surface area contributed by atoms with E-state index in [1.54, 1.807) is 12.1 Å². The molecule has 3 rings (SSSR count). The van der Waals surface area contributed by atoms with Crippen molar-refractivity contribution in [3.63, 3.8) is 0 Å². The van der Waals surface area contributed by atoms with Crippen LogP contribution in [0.5, 0.6) is 5.75 Å². The van der Waals surface area contributed by atoms with Gasteiger partial charge in [-0.2, -0.15) is 0 Å². The van der Waals surface area contributed by atoms with E-state index in [0.717, 1.165) is 0 Å². The van der Waals surface area contributed by atoms with E-state index in [4.69, 9.17) is 18.9 Å². The highest BCUT2D eigenvalue weighted by atomic mass is 16.6. The van der Waals surface area contributed by atoms with Crippen LogP contribution in [-0.2, 0) is 23.8 Å². The van der Waals surface area contributed by atoms with Crippen LogP contribution in [0.15, 0.2) is 24.3 Å². The van der Waals surface area contributed by atoms with E-state index in [-0.39, 0.29) is 19.1 Å². The minimum absolute atomic E-state index is 0.186. The molecule has 1 aromatic carbocycles. The van der Waals surface area contributed by atoms with Gasteiger partial charge in [0.1, 0.15) is 18.5 Å². The molecular formula is C15H16O6. The summed E-state index contributed by atoms with van der Waals surface area (Å²) in [6, 6.07) is 7.21. The van der Waals surface area contributed by atoms with Crippen molar-refractivity contribution in [2.24, 2.45) is 5.41 Å². The Balaban J connectivity index is 2.16. The fourth-order valence-corrected chi connectivity index (χ4v) is 3.10. The average Bonchev–Trinajstić information content (AvgIpc) is 2.81. The summed E-state index contributed by atoms with van der Waals surface area (Å²) in [6.45, 7) is 0.281. The smallest absolute Gasteiger partial charge is 0.326 e. The number of hydrogen-bond acceptors (Lipinski definition) is 6. The Morgan fingerprint density at radius 3 is 2.52 bits per heavy atom. The molecule has 6 nitrogen and oxygen atoms in total. The second-order valence-electron chi connectivity index (χ2n) is 5.15. The number of carbonyl (C=O) groups excluding carboxylic acids is 2. The monoisotopic (exact) mass is 292 g/mol. The molecule has 6 heteroatoms. The van der Waals surface area contributed by atoms with Crippen LogP contribution >= 0.6 is 0 Å². The summed E-state index contributed by atoms with van der Waals surface area (Å²) in [5, 5.41) is 0. The summed E-state index contributed by atoms with van der Waals surface area (Å²) < 4.78 is 21.3. The van der Waals surface area contributed by atoms with Crippen LogP contribution in [0.25, 0.3) is 0 Å². The molecule has 0 saturated carbocycles. The molecule has 21 heavy (non-hydrogen) atoms. The minimum Gasteiger partial charge on any atom is -0.490 e. The van der Waals surface area contributed by atoms with Crippen molar-refractivity contribution in [3.05, 3.63) is 29.8 Å². The van der Waals surface area contributed by atoms with Gasteiger partial charge in [0.2, 0.25) is 0 Å². The van der Waals surface area contributed by atoms with Crippen LogP contribution < -0.4 is 4.74 Å². The highest BCUT2D eigenvalue weighted by Gasteiger charge is 2.63. The first-order valence-corrected chi connectivity index (χ1v) is 6.67. The molecule has 0 radical (unpaired) electrons. The van der Waals surface area contributed by atoms with Gasteiger partial charge >= 0.3 is 11.9 Å². The molecule has 0 aliphatic carbocycles. The van der Waals surface area contributed by atoms with Gasteiger partial charge in [-0.3, -0.25) is 9.59 Å². The van der Waals surface area contributed by atoms with Gasteiger partial charge in [0.15, 0.2) is 5.41 Å². The number of ether oxygens (including phenoxy) is 4. The zero-order valence-electron chi connectivity index (χ0n) is 11.8. The average molecular weight is 292 g/mol. The first-order valence-electron chi connectivity index (χ1n) is 6.67. The summed E-state index contributed by atoms with van der Waals surface area (Å²) >= 11 is 0. The number of fused-ring (bicyclic) bond motifs is 4. The van der Waals surface area contributed by atoms with Crippen LogP contribution in [0.2, 0.25) is 0 Å². The molecule has 1 saturated heterocycles. The summed E-state index contributed by atoms with van der Waals surface area (Å²) in [5.74, 6) is -0.668. The van der Waals surface area contributed by atoms with Crippen LogP contribution in [-0.4, -0.2) is 38.9 Å². The van der Waals surface area contributed by atoms with Crippen molar-refractivity contribution in [3.8, 4) is 5.75 Å². The molecule has 0 aromatic heterocycles. The highest BCUT2D eigenvalue weighted by molar-refractivity contribution is 6.01. The lowest BCUT2D eigenvalue weighted by Gasteiger charge is -2.29. The zero-order valence-corrected chi connectivity index (χ0v) is 11.8.